The summed E-state index contributed by atoms with van der Waals surface area (Å²) in [6.07, 6.45) is 0.880. The highest BCUT2D eigenvalue weighted by atomic mass is 16.2. The van der Waals surface area contributed by atoms with Crippen LogP contribution in [0.15, 0.2) is 11.3 Å². The van der Waals surface area contributed by atoms with Crippen LogP contribution in [0.3, 0.4) is 0 Å². The van der Waals surface area contributed by atoms with E-state index in [0.717, 1.165) is 12.1 Å². The van der Waals surface area contributed by atoms with E-state index < -0.39 is 0 Å². The van der Waals surface area contributed by atoms with Gasteiger partial charge in [-0.05, 0) is 20.3 Å². The van der Waals surface area contributed by atoms with Crippen LogP contribution in [0, 0.1) is 5.41 Å². The molecule has 0 fully saturated rings. The second-order valence-corrected chi connectivity index (χ2v) is 3.92. The van der Waals surface area contributed by atoms with Crippen molar-refractivity contribution in [1.29, 1.82) is 0 Å². The van der Waals surface area contributed by atoms with Crippen molar-refractivity contribution in [3.63, 3.8) is 0 Å². The summed E-state index contributed by atoms with van der Waals surface area (Å²) < 4.78 is 0. The Kier molecular flexibility index (Phi) is 1.78. The van der Waals surface area contributed by atoms with Gasteiger partial charge in [0.25, 0.3) is 0 Å². The molecule has 1 heterocycles. The average Bonchev–Trinajstić information content (AvgIpc) is 1.83. The van der Waals surface area contributed by atoms with E-state index in [9.17, 15) is 4.79 Å². The Hall–Kier alpha value is -0.790. The van der Waals surface area contributed by atoms with Gasteiger partial charge < -0.3 is 5.32 Å². The van der Waals surface area contributed by atoms with E-state index in [2.05, 4.69) is 12.2 Å². The third kappa shape index (κ3) is 1.44. The largest absolute Gasteiger partial charge is 0.330 e. The molecule has 1 rings (SSSR count). The molecule has 0 saturated carbocycles. The lowest BCUT2D eigenvalue weighted by molar-refractivity contribution is -0.129. The Morgan fingerprint density at radius 3 is 2.36 bits per heavy atom. The normalized spacial score (nSPS) is 23.5. The first-order valence-corrected chi connectivity index (χ1v) is 3.91. The monoisotopic (exact) mass is 153 g/mol. The summed E-state index contributed by atoms with van der Waals surface area (Å²) in [5, 5.41) is 2.86. The number of hydrogen-bond donors (Lipinski definition) is 1. The highest BCUT2D eigenvalue weighted by molar-refractivity contribution is 5.85. The van der Waals surface area contributed by atoms with Crippen molar-refractivity contribution in [2.45, 2.75) is 34.1 Å². The van der Waals surface area contributed by atoms with Crippen molar-refractivity contribution in [2.24, 2.45) is 5.41 Å². The molecule has 0 saturated heterocycles. The van der Waals surface area contributed by atoms with Gasteiger partial charge in [-0.2, -0.15) is 0 Å². The molecule has 0 aromatic rings. The summed E-state index contributed by atoms with van der Waals surface area (Å²) in [6, 6.07) is 0. The van der Waals surface area contributed by atoms with Gasteiger partial charge in [-0.3, -0.25) is 4.79 Å². The van der Waals surface area contributed by atoms with Crippen molar-refractivity contribution in [3.05, 3.63) is 11.3 Å². The topological polar surface area (TPSA) is 29.1 Å². The highest BCUT2D eigenvalue weighted by Gasteiger charge is 2.31. The van der Waals surface area contributed by atoms with Crippen LogP contribution in [0.4, 0.5) is 0 Å². The van der Waals surface area contributed by atoms with Gasteiger partial charge in [-0.25, -0.2) is 0 Å². The van der Waals surface area contributed by atoms with Crippen LogP contribution < -0.4 is 5.32 Å². The lowest BCUT2D eigenvalue weighted by Gasteiger charge is -2.30. The third-order valence-corrected chi connectivity index (χ3v) is 2.26. The van der Waals surface area contributed by atoms with E-state index in [1.165, 1.54) is 5.57 Å². The molecule has 2 heteroatoms. The Morgan fingerprint density at radius 2 is 1.91 bits per heavy atom. The average molecular weight is 153 g/mol. The molecule has 1 aliphatic heterocycles. The predicted molar refractivity (Wildman–Crippen MR) is 44.9 cm³/mol. The van der Waals surface area contributed by atoms with Gasteiger partial charge in [0, 0.05) is 11.1 Å². The number of rotatable bonds is 0. The first-order chi connectivity index (χ1) is 4.93. The van der Waals surface area contributed by atoms with Crippen LogP contribution in [0.2, 0.25) is 0 Å². The van der Waals surface area contributed by atoms with Crippen LogP contribution in [0.1, 0.15) is 34.1 Å². The summed E-state index contributed by atoms with van der Waals surface area (Å²) in [6.45, 7) is 7.95. The third-order valence-electron chi connectivity index (χ3n) is 2.26. The lowest BCUT2D eigenvalue weighted by Crippen LogP contribution is -2.40. The lowest BCUT2D eigenvalue weighted by atomic mass is 9.82. The van der Waals surface area contributed by atoms with Gasteiger partial charge in [-0.15, -0.1) is 0 Å². The van der Waals surface area contributed by atoms with E-state index in [1.807, 2.05) is 20.8 Å². The Morgan fingerprint density at radius 1 is 1.36 bits per heavy atom. The van der Waals surface area contributed by atoms with Crippen LogP contribution in [0.25, 0.3) is 0 Å². The zero-order valence-corrected chi connectivity index (χ0v) is 7.62. The summed E-state index contributed by atoms with van der Waals surface area (Å²) in [5.74, 6) is 0.139. The van der Waals surface area contributed by atoms with Gasteiger partial charge in [0.05, 0.1) is 0 Å². The summed E-state index contributed by atoms with van der Waals surface area (Å²) in [5.41, 5.74) is 2.09. The molecule has 11 heavy (non-hydrogen) atoms. The summed E-state index contributed by atoms with van der Waals surface area (Å²) in [4.78, 5) is 11.3. The highest BCUT2D eigenvalue weighted by Crippen LogP contribution is 2.30. The maximum Gasteiger partial charge on any atom is 0.230 e. The van der Waals surface area contributed by atoms with Crippen molar-refractivity contribution < 1.29 is 4.79 Å². The molecular weight excluding hydrogens is 138 g/mol. The summed E-state index contributed by atoms with van der Waals surface area (Å²) >= 11 is 0. The molecule has 0 unspecified atom stereocenters. The second kappa shape index (κ2) is 2.36. The van der Waals surface area contributed by atoms with Crippen molar-refractivity contribution in [3.8, 4) is 0 Å². The molecule has 62 valence electrons. The Balaban J connectivity index is 2.93. The molecular formula is C9H15NO. The maximum atomic E-state index is 11.3. The molecule has 0 atom stereocenters. The van der Waals surface area contributed by atoms with Crippen LogP contribution in [0.5, 0.6) is 0 Å². The molecule has 0 spiro atoms. The number of carbonyl (C=O) groups excluding carboxylic acids is 1. The Labute approximate surface area is 67.7 Å². The van der Waals surface area contributed by atoms with Gasteiger partial charge in [0.2, 0.25) is 5.91 Å². The van der Waals surface area contributed by atoms with Crippen LogP contribution >= 0.6 is 0 Å². The number of allylic oxidation sites excluding steroid dienone is 2. The fourth-order valence-electron chi connectivity index (χ4n) is 1.32. The van der Waals surface area contributed by atoms with E-state index in [4.69, 9.17) is 0 Å². The van der Waals surface area contributed by atoms with Gasteiger partial charge in [-0.1, -0.05) is 19.4 Å². The zero-order chi connectivity index (χ0) is 8.65. The quantitative estimate of drug-likeness (QED) is 0.565. The molecule has 1 N–H and O–H groups in total. The van der Waals surface area contributed by atoms with Crippen molar-refractivity contribution >= 4 is 5.91 Å². The van der Waals surface area contributed by atoms with E-state index >= 15 is 0 Å². The van der Waals surface area contributed by atoms with Gasteiger partial charge in [0.1, 0.15) is 0 Å². The minimum Gasteiger partial charge on any atom is -0.330 e. The minimum absolute atomic E-state index is 0.139. The molecule has 1 aliphatic rings. The minimum atomic E-state index is -0.219. The van der Waals surface area contributed by atoms with E-state index in [1.54, 1.807) is 0 Å². The molecule has 0 aromatic carbocycles. The van der Waals surface area contributed by atoms with Crippen molar-refractivity contribution in [1.82, 2.24) is 5.32 Å². The fraction of sp³-hybridized carbons (Fsp3) is 0.667. The molecule has 1 amide bonds. The molecule has 0 radical (unpaired) electrons. The van der Waals surface area contributed by atoms with Gasteiger partial charge in [0.15, 0.2) is 0 Å². The number of nitrogens with one attached hydrogen (secondary N) is 1. The molecule has 0 bridgehead atoms. The van der Waals surface area contributed by atoms with E-state index in [0.29, 0.717) is 0 Å². The zero-order valence-electron chi connectivity index (χ0n) is 7.62. The van der Waals surface area contributed by atoms with Crippen LogP contribution in [-0.4, -0.2) is 5.91 Å². The fourth-order valence-corrected chi connectivity index (χ4v) is 1.32. The van der Waals surface area contributed by atoms with E-state index in [-0.39, 0.29) is 11.3 Å². The second-order valence-electron chi connectivity index (χ2n) is 3.92. The summed E-state index contributed by atoms with van der Waals surface area (Å²) in [7, 11) is 0. The van der Waals surface area contributed by atoms with Crippen molar-refractivity contribution in [2.75, 3.05) is 0 Å². The standard InChI is InChI=1S/C9H15NO/c1-6-5-9(3,4)8(11)10-7(6)2/h5H2,1-4H3,(H,10,11). The smallest absolute Gasteiger partial charge is 0.230 e. The molecule has 2 nitrogen and oxygen atoms in total. The number of amides is 1. The predicted octanol–water partition coefficient (Wildman–Crippen LogP) is 1.83. The maximum absolute atomic E-state index is 11.3. The number of carbonyl (C=O) groups is 1. The SMILES string of the molecule is CC1=C(C)NC(=O)C(C)(C)C1. The number of hydrogen-bond acceptors (Lipinski definition) is 1. The first kappa shape index (κ1) is 8.31. The first-order valence-electron chi connectivity index (χ1n) is 3.91. The van der Waals surface area contributed by atoms with Gasteiger partial charge >= 0.3 is 0 Å². The molecule has 0 aliphatic carbocycles. The molecule has 0 aromatic heterocycles. The Bertz CT molecular complexity index is 226. The van der Waals surface area contributed by atoms with Crippen LogP contribution in [-0.2, 0) is 4.79 Å².